The molecule has 0 atom stereocenters. The number of piperazine rings is 1. The highest BCUT2D eigenvalue weighted by Gasteiger charge is 2.22. The lowest BCUT2D eigenvalue weighted by atomic mass is 10.1. The van der Waals surface area contributed by atoms with Crippen molar-refractivity contribution >= 4 is 23.3 Å². The molecule has 2 amide bonds. The van der Waals surface area contributed by atoms with Crippen LogP contribution in [0.4, 0.5) is 11.5 Å². The van der Waals surface area contributed by atoms with Crippen molar-refractivity contribution in [1.82, 2.24) is 19.6 Å². The third-order valence-corrected chi connectivity index (χ3v) is 6.52. The molecule has 0 bridgehead atoms. The van der Waals surface area contributed by atoms with E-state index < -0.39 is 0 Å². The zero-order valence-corrected chi connectivity index (χ0v) is 21.9. The number of likely N-dealkylation sites (N-methyl/N-ethyl adjacent to an activating group) is 1. The number of aryl methyl sites for hydroxylation is 1. The number of anilines is 2. The largest absolute Gasteiger partial charge is 0.369 e. The first-order valence-corrected chi connectivity index (χ1v) is 12.5. The van der Waals surface area contributed by atoms with E-state index in [1.54, 1.807) is 23.9 Å². The topological polar surface area (TPSA) is 82.5 Å². The third-order valence-electron chi connectivity index (χ3n) is 6.52. The van der Waals surface area contributed by atoms with E-state index in [0.29, 0.717) is 22.6 Å². The highest BCUT2D eigenvalue weighted by Crippen LogP contribution is 2.25. The van der Waals surface area contributed by atoms with E-state index in [9.17, 15) is 9.59 Å². The number of nitrogens with one attached hydrogen (secondary N) is 2. The minimum Gasteiger partial charge on any atom is -0.369 e. The minimum absolute atomic E-state index is 0.133. The molecule has 2 N–H and O–H groups in total. The first kappa shape index (κ1) is 25.9. The SMILES string of the molecule is C/C=C(C(=O)Nc1ccc(-c2cc(NC(=O)c3ccccc3)n(C)n2)cc1)\C(=C/C)N1CCN(C)CC1. The van der Waals surface area contributed by atoms with Crippen LogP contribution in [0.3, 0.4) is 0 Å². The fraction of sp³-hybridized carbons (Fsp3) is 0.276. The van der Waals surface area contributed by atoms with Gasteiger partial charge in [-0.1, -0.05) is 42.5 Å². The molecule has 1 aliphatic heterocycles. The van der Waals surface area contributed by atoms with Gasteiger partial charge in [-0.3, -0.25) is 14.3 Å². The van der Waals surface area contributed by atoms with Gasteiger partial charge in [-0.2, -0.15) is 5.10 Å². The number of allylic oxidation sites excluding steroid dienone is 2. The molecular formula is C29H34N6O2. The molecule has 2 aromatic carbocycles. The fourth-order valence-electron chi connectivity index (χ4n) is 4.38. The quantitative estimate of drug-likeness (QED) is 0.373. The van der Waals surface area contributed by atoms with E-state index in [4.69, 9.17) is 0 Å². The predicted molar refractivity (Wildman–Crippen MR) is 148 cm³/mol. The van der Waals surface area contributed by atoms with Crippen LogP contribution in [0, 0.1) is 0 Å². The summed E-state index contributed by atoms with van der Waals surface area (Å²) in [4.78, 5) is 30.2. The molecule has 0 unspecified atom stereocenters. The molecule has 1 fully saturated rings. The zero-order chi connectivity index (χ0) is 26.4. The van der Waals surface area contributed by atoms with Gasteiger partial charge >= 0.3 is 0 Å². The molecule has 1 aliphatic rings. The van der Waals surface area contributed by atoms with Crippen LogP contribution in [0.15, 0.2) is 84.1 Å². The standard InChI is InChI=1S/C29H34N6O2/c1-5-24(26(6-2)35-18-16-33(3)17-19-35)29(37)30-23-14-12-21(13-15-23)25-20-27(34(4)32-25)31-28(36)22-10-8-7-9-11-22/h5-15,20H,16-19H2,1-4H3,(H,30,37)(H,31,36)/b24-5+,26-6+. The fourth-order valence-corrected chi connectivity index (χ4v) is 4.38. The first-order chi connectivity index (χ1) is 17.9. The lowest BCUT2D eigenvalue weighted by Gasteiger charge is -2.36. The molecule has 0 radical (unpaired) electrons. The second kappa shape index (κ2) is 11.7. The van der Waals surface area contributed by atoms with Crippen LogP contribution in [-0.4, -0.2) is 64.6 Å². The Labute approximate surface area is 218 Å². The van der Waals surface area contributed by atoms with Gasteiger partial charge in [0.1, 0.15) is 5.82 Å². The van der Waals surface area contributed by atoms with Crippen molar-refractivity contribution in [3.05, 3.63) is 89.6 Å². The Kier molecular flexibility index (Phi) is 8.20. The van der Waals surface area contributed by atoms with E-state index in [1.807, 2.05) is 74.5 Å². The van der Waals surface area contributed by atoms with Gasteiger partial charge in [-0.05, 0) is 45.2 Å². The second-order valence-electron chi connectivity index (χ2n) is 9.06. The van der Waals surface area contributed by atoms with Gasteiger partial charge in [0.25, 0.3) is 11.8 Å². The molecule has 37 heavy (non-hydrogen) atoms. The maximum atomic E-state index is 13.2. The summed E-state index contributed by atoms with van der Waals surface area (Å²) in [5, 5.41) is 10.5. The normalized spacial score (nSPS) is 15.0. The maximum Gasteiger partial charge on any atom is 0.257 e. The summed E-state index contributed by atoms with van der Waals surface area (Å²) >= 11 is 0. The number of carbonyl (C=O) groups excluding carboxylic acids is 2. The molecule has 8 heteroatoms. The van der Waals surface area contributed by atoms with E-state index in [0.717, 1.165) is 43.1 Å². The summed E-state index contributed by atoms with van der Waals surface area (Å²) in [6.45, 7) is 7.61. The highest BCUT2D eigenvalue weighted by molar-refractivity contribution is 6.07. The molecule has 1 aromatic heterocycles. The van der Waals surface area contributed by atoms with Gasteiger partial charge in [0.15, 0.2) is 0 Å². The number of hydrogen-bond acceptors (Lipinski definition) is 5. The van der Waals surface area contributed by atoms with Crippen LogP contribution in [0.1, 0.15) is 24.2 Å². The van der Waals surface area contributed by atoms with Crippen molar-refractivity contribution in [2.75, 3.05) is 43.9 Å². The van der Waals surface area contributed by atoms with Crippen molar-refractivity contribution in [3.8, 4) is 11.3 Å². The third kappa shape index (κ3) is 6.16. The van der Waals surface area contributed by atoms with Gasteiger partial charge in [-0.15, -0.1) is 0 Å². The van der Waals surface area contributed by atoms with Crippen molar-refractivity contribution in [3.63, 3.8) is 0 Å². The van der Waals surface area contributed by atoms with E-state index in [2.05, 4.69) is 32.6 Å². The van der Waals surface area contributed by atoms with Crippen LogP contribution in [-0.2, 0) is 11.8 Å². The smallest absolute Gasteiger partial charge is 0.257 e. The van der Waals surface area contributed by atoms with Crippen LogP contribution >= 0.6 is 0 Å². The first-order valence-electron chi connectivity index (χ1n) is 12.5. The summed E-state index contributed by atoms with van der Waals surface area (Å²) in [5.41, 5.74) is 4.52. The lowest BCUT2D eigenvalue weighted by molar-refractivity contribution is -0.112. The molecular weight excluding hydrogens is 464 g/mol. The molecule has 3 aromatic rings. The Hall–Kier alpha value is -4.17. The predicted octanol–water partition coefficient (Wildman–Crippen LogP) is 4.38. The number of rotatable bonds is 7. The van der Waals surface area contributed by atoms with Crippen LogP contribution in [0.5, 0.6) is 0 Å². The van der Waals surface area contributed by atoms with Gasteiger partial charge in [0, 0.05) is 61.8 Å². The molecule has 0 saturated carbocycles. The summed E-state index contributed by atoms with van der Waals surface area (Å²) in [6, 6.07) is 18.4. The van der Waals surface area contributed by atoms with Crippen LogP contribution < -0.4 is 10.6 Å². The van der Waals surface area contributed by atoms with Gasteiger partial charge in [0.05, 0.1) is 11.3 Å². The van der Waals surface area contributed by atoms with Crippen molar-refractivity contribution in [2.45, 2.75) is 13.8 Å². The van der Waals surface area contributed by atoms with E-state index >= 15 is 0 Å². The highest BCUT2D eigenvalue weighted by atomic mass is 16.2. The van der Waals surface area contributed by atoms with Crippen LogP contribution in [0.2, 0.25) is 0 Å². The number of aromatic nitrogens is 2. The Balaban J connectivity index is 1.42. The van der Waals surface area contributed by atoms with Gasteiger partial charge < -0.3 is 20.4 Å². The molecule has 4 rings (SSSR count). The monoisotopic (exact) mass is 498 g/mol. The maximum absolute atomic E-state index is 13.2. The van der Waals surface area contributed by atoms with Crippen LogP contribution in [0.25, 0.3) is 11.3 Å². The average molecular weight is 499 g/mol. The Morgan fingerprint density at radius 3 is 2.16 bits per heavy atom. The van der Waals surface area contributed by atoms with E-state index in [1.165, 1.54) is 0 Å². The molecule has 0 spiro atoms. The Bertz CT molecular complexity index is 1300. The van der Waals surface area contributed by atoms with Gasteiger partial charge in [0.2, 0.25) is 0 Å². The number of nitrogens with zero attached hydrogens (tertiary/aromatic N) is 4. The Morgan fingerprint density at radius 1 is 0.865 bits per heavy atom. The molecule has 192 valence electrons. The second-order valence-corrected chi connectivity index (χ2v) is 9.06. The van der Waals surface area contributed by atoms with Crippen molar-refractivity contribution in [2.24, 2.45) is 7.05 Å². The molecule has 1 saturated heterocycles. The summed E-state index contributed by atoms with van der Waals surface area (Å²) < 4.78 is 1.64. The number of hydrogen-bond donors (Lipinski definition) is 2. The Morgan fingerprint density at radius 2 is 1.54 bits per heavy atom. The number of carbonyl (C=O) groups is 2. The van der Waals surface area contributed by atoms with Crippen molar-refractivity contribution < 1.29 is 9.59 Å². The van der Waals surface area contributed by atoms with Gasteiger partial charge in [-0.25, -0.2) is 0 Å². The summed E-state index contributed by atoms with van der Waals surface area (Å²) in [5.74, 6) is 0.276. The summed E-state index contributed by atoms with van der Waals surface area (Å²) in [7, 11) is 3.91. The molecule has 2 heterocycles. The lowest BCUT2D eigenvalue weighted by Crippen LogP contribution is -2.44. The number of amides is 2. The summed E-state index contributed by atoms with van der Waals surface area (Å²) in [6.07, 6.45) is 3.88. The number of benzene rings is 2. The minimum atomic E-state index is -0.190. The van der Waals surface area contributed by atoms with E-state index in [-0.39, 0.29) is 11.8 Å². The molecule has 0 aliphatic carbocycles. The van der Waals surface area contributed by atoms with Crippen molar-refractivity contribution in [1.29, 1.82) is 0 Å². The molecule has 8 nitrogen and oxygen atoms in total. The zero-order valence-electron chi connectivity index (χ0n) is 21.9. The average Bonchev–Trinajstić information content (AvgIpc) is 3.28.